The molecule has 1 aromatic heterocycles. The third-order valence-electron chi connectivity index (χ3n) is 3.36. The SMILES string of the molecule is C=CCn1c(=O)oc2cc(NC(=O)Nc3ccccc3Br)ccc21. The molecule has 2 amide bonds. The number of carbonyl (C=O) groups excluding carboxylic acids is 1. The summed E-state index contributed by atoms with van der Waals surface area (Å²) in [6.07, 6.45) is 1.62. The molecule has 24 heavy (non-hydrogen) atoms. The number of oxazole rings is 1. The third-order valence-corrected chi connectivity index (χ3v) is 4.05. The number of fused-ring (bicyclic) bond motifs is 1. The average molecular weight is 388 g/mol. The van der Waals surface area contributed by atoms with E-state index in [2.05, 4.69) is 33.1 Å². The summed E-state index contributed by atoms with van der Waals surface area (Å²) in [5.74, 6) is -0.459. The van der Waals surface area contributed by atoms with E-state index >= 15 is 0 Å². The predicted molar refractivity (Wildman–Crippen MR) is 97.5 cm³/mol. The van der Waals surface area contributed by atoms with Crippen LogP contribution in [0.15, 0.2) is 68.8 Å². The van der Waals surface area contributed by atoms with Gasteiger partial charge < -0.3 is 15.1 Å². The van der Waals surface area contributed by atoms with Crippen LogP contribution < -0.4 is 16.4 Å². The van der Waals surface area contributed by atoms with Crippen molar-refractivity contribution < 1.29 is 9.21 Å². The van der Waals surface area contributed by atoms with Crippen molar-refractivity contribution in [3.05, 3.63) is 70.1 Å². The maximum atomic E-state index is 12.1. The van der Waals surface area contributed by atoms with E-state index < -0.39 is 11.8 Å². The standard InChI is InChI=1S/C17H14BrN3O3/c1-2-9-21-14-8-7-11(10-15(14)24-17(21)23)19-16(22)20-13-6-4-3-5-12(13)18/h2-8,10H,1,9H2,(H2,19,20,22). The molecule has 0 aliphatic rings. The van der Waals surface area contributed by atoms with E-state index in [0.29, 0.717) is 29.0 Å². The van der Waals surface area contributed by atoms with Gasteiger partial charge in [0.25, 0.3) is 0 Å². The molecule has 0 aliphatic heterocycles. The van der Waals surface area contributed by atoms with Crippen LogP contribution in [0.2, 0.25) is 0 Å². The Morgan fingerprint density at radius 1 is 1.25 bits per heavy atom. The molecule has 0 spiro atoms. The summed E-state index contributed by atoms with van der Waals surface area (Å²) in [5, 5.41) is 5.44. The quantitative estimate of drug-likeness (QED) is 0.659. The highest BCUT2D eigenvalue weighted by Crippen LogP contribution is 2.22. The van der Waals surface area contributed by atoms with Crippen LogP contribution in [0.3, 0.4) is 0 Å². The van der Waals surface area contributed by atoms with Gasteiger partial charge in [-0.1, -0.05) is 18.2 Å². The van der Waals surface area contributed by atoms with Crippen molar-refractivity contribution in [1.82, 2.24) is 4.57 Å². The van der Waals surface area contributed by atoms with Crippen molar-refractivity contribution in [3.8, 4) is 0 Å². The van der Waals surface area contributed by atoms with Crippen LogP contribution in [-0.2, 0) is 6.54 Å². The number of carbonyl (C=O) groups is 1. The maximum absolute atomic E-state index is 12.1. The maximum Gasteiger partial charge on any atom is 0.420 e. The highest BCUT2D eigenvalue weighted by atomic mass is 79.9. The molecule has 3 aromatic rings. The smallest absolute Gasteiger partial charge is 0.408 e. The number of aromatic nitrogens is 1. The molecule has 2 N–H and O–H groups in total. The van der Waals surface area contributed by atoms with Crippen LogP contribution in [-0.4, -0.2) is 10.6 Å². The van der Waals surface area contributed by atoms with Gasteiger partial charge in [0.1, 0.15) is 0 Å². The molecule has 7 heteroatoms. The van der Waals surface area contributed by atoms with Crippen LogP contribution in [0.4, 0.5) is 16.2 Å². The van der Waals surface area contributed by atoms with E-state index in [4.69, 9.17) is 4.42 Å². The van der Waals surface area contributed by atoms with E-state index in [1.54, 1.807) is 30.3 Å². The van der Waals surface area contributed by atoms with Gasteiger partial charge in [-0.25, -0.2) is 9.59 Å². The van der Waals surface area contributed by atoms with Gasteiger partial charge in [-0.2, -0.15) is 0 Å². The largest absolute Gasteiger partial charge is 0.420 e. The highest BCUT2D eigenvalue weighted by Gasteiger charge is 2.10. The molecular formula is C17H14BrN3O3. The minimum atomic E-state index is -0.459. The van der Waals surface area contributed by atoms with Crippen molar-refractivity contribution in [1.29, 1.82) is 0 Å². The van der Waals surface area contributed by atoms with E-state index in [1.807, 2.05) is 18.2 Å². The van der Waals surface area contributed by atoms with Gasteiger partial charge in [-0.15, -0.1) is 6.58 Å². The molecule has 0 aliphatic carbocycles. The summed E-state index contributed by atoms with van der Waals surface area (Å²) >= 11 is 3.37. The zero-order chi connectivity index (χ0) is 17.1. The molecule has 1 heterocycles. The van der Waals surface area contributed by atoms with Gasteiger partial charge in [-0.3, -0.25) is 4.57 Å². The summed E-state index contributed by atoms with van der Waals surface area (Å²) in [6, 6.07) is 11.9. The van der Waals surface area contributed by atoms with Gasteiger partial charge >= 0.3 is 11.8 Å². The Hall–Kier alpha value is -2.80. The van der Waals surface area contributed by atoms with Crippen LogP contribution in [0.25, 0.3) is 11.1 Å². The molecule has 0 atom stereocenters. The molecule has 0 fully saturated rings. The number of amides is 2. The number of anilines is 2. The van der Waals surface area contributed by atoms with Gasteiger partial charge in [-0.05, 0) is 40.2 Å². The second kappa shape index (κ2) is 6.76. The predicted octanol–water partition coefficient (Wildman–Crippen LogP) is 4.19. The first kappa shape index (κ1) is 16.1. The average Bonchev–Trinajstić information content (AvgIpc) is 2.85. The third kappa shape index (κ3) is 3.26. The summed E-state index contributed by atoms with van der Waals surface area (Å²) in [6.45, 7) is 3.98. The fourth-order valence-electron chi connectivity index (χ4n) is 2.29. The minimum absolute atomic E-state index is 0.362. The van der Waals surface area contributed by atoms with Crippen LogP contribution in [0.1, 0.15) is 0 Å². The molecule has 0 radical (unpaired) electrons. The first-order valence-corrected chi connectivity index (χ1v) is 7.94. The number of halogens is 1. The van der Waals surface area contributed by atoms with Crippen molar-refractivity contribution >= 4 is 44.4 Å². The van der Waals surface area contributed by atoms with Crippen LogP contribution >= 0.6 is 15.9 Å². The molecule has 0 bridgehead atoms. The fraction of sp³-hybridized carbons (Fsp3) is 0.0588. The van der Waals surface area contributed by atoms with Gasteiger partial charge in [0, 0.05) is 22.8 Å². The van der Waals surface area contributed by atoms with E-state index in [1.165, 1.54) is 4.57 Å². The Morgan fingerprint density at radius 2 is 2.04 bits per heavy atom. The number of hydrogen-bond acceptors (Lipinski definition) is 3. The minimum Gasteiger partial charge on any atom is -0.408 e. The van der Waals surface area contributed by atoms with Gasteiger partial charge in [0.2, 0.25) is 0 Å². The Labute approximate surface area is 145 Å². The lowest BCUT2D eigenvalue weighted by molar-refractivity contribution is 0.262. The molecular weight excluding hydrogens is 374 g/mol. The number of nitrogens with one attached hydrogen (secondary N) is 2. The van der Waals surface area contributed by atoms with E-state index in [-0.39, 0.29) is 0 Å². The summed E-state index contributed by atoms with van der Waals surface area (Å²) in [4.78, 5) is 23.9. The lowest BCUT2D eigenvalue weighted by Gasteiger charge is -2.09. The summed E-state index contributed by atoms with van der Waals surface area (Å²) in [7, 11) is 0. The number of allylic oxidation sites excluding steroid dienone is 1. The molecule has 0 unspecified atom stereocenters. The van der Waals surface area contributed by atoms with Crippen molar-refractivity contribution in [3.63, 3.8) is 0 Å². The lowest BCUT2D eigenvalue weighted by Crippen LogP contribution is -2.19. The Balaban J connectivity index is 1.80. The van der Waals surface area contributed by atoms with Gasteiger partial charge in [0.05, 0.1) is 11.2 Å². The number of rotatable bonds is 4. The molecule has 3 rings (SSSR count). The first-order valence-electron chi connectivity index (χ1n) is 7.15. The van der Waals surface area contributed by atoms with Crippen molar-refractivity contribution in [2.75, 3.05) is 10.6 Å². The van der Waals surface area contributed by atoms with Crippen molar-refractivity contribution in [2.24, 2.45) is 0 Å². The topological polar surface area (TPSA) is 76.3 Å². The Kier molecular flexibility index (Phi) is 4.52. The Morgan fingerprint density at radius 3 is 2.79 bits per heavy atom. The first-order chi connectivity index (χ1) is 11.6. The monoisotopic (exact) mass is 387 g/mol. The van der Waals surface area contributed by atoms with Crippen LogP contribution in [0, 0.1) is 0 Å². The Bertz CT molecular complexity index is 975. The lowest BCUT2D eigenvalue weighted by atomic mass is 10.3. The molecule has 0 saturated heterocycles. The van der Waals surface area contributed by atoms with E-state index in [9.17, 15) is 9.59 Å². The number of nitrogens with zero attached hydrogens (tertiary/aromatic N) is 1. The van der Waals surface area contributed by atoms with E-state index in [0.717, 1.165) is 4.47 Å². The number of urea groups is 1. The highest BCUT2D eigenvalue weighted by molar-refractivity contribution is 9.10. The summed E-state index contributed by atoms with van der Waals surface area (Å²) in [5.41, 5.74) is 2.23. The van der Waals surface area contributed by atoms with Crippen LogP contribution in [0.5, 0.6) is 0 Å². The molecule has 122 valence electrons. The normalized spacial score (nSPS) is 10.5. The number of benzene rings is 2. The molecule has 2 aromatic carbocycles. The second-order valence-corrected chi connectivity index (χ2v) is 5.86. The van der Waals surface area contributed by atoms with Gasteiger partial charge in [0.15, 0.2) is 5.58 Å². The fourth-order valence-corrected chi connectivity index (χ4v) is 2.68. The second-order valence-electron chi connectivity index (χ2n) is 5.01. The zero-order valence-electron chi connectivity index (χ0n) is 12.6. The molecule has 6 nitrogen and oxygen atoms in total. The molecule has 0 saturated carbocycles. The van der Waals surface area contributed by atoms with Crippen molar-refractivity contribution in [2.45, 2.75) is 6.54 Å². The summed E-state index contributed by atoms with van der Waals surface area (Å²) < 4.78 is 7.44. The zero-order valence-corrected chi connectivity index (χ0v) is 14.2. The number of hydrogen-bond donors (Lipinski definition) is 2. The number of para-hydroxylation sites is 1.